The molecule has 0 fully saturated rings. The average Bonchev–Trinajstić information content (AvgIpc) is 2.61. The first kappa shape index (κ1) is 19.8. The van der Waals surface area contributed by atoms with Crippen LogP contribution in [0, 0.1) is 16.7 Å². The van der Waals surface area contributed by atoms with Gasteiger partial charge in [0.1, 0.15) is 28.9 Å². The molecule has 6 heteroatoms. The van der Waals surface area contributed by atoms with E-state index in [1.807, 2.05) is 45.9 Å². The van der Waals surface area contributed by atoms with Gasteiger partial charge in [-0.15, -0.1) is 0 Å². The summed E-state index contributed by atoms with van der Waals surface area (Å²) in [7, 11) is 0. The molecule has 0 saturated heterocycles. The minimum absolute atomic E-state index is 0.0271. The number of nitrogens with two attached hydrogens (primary N) is 1. The van der Waals surface area contributed by atoms with Crippen molar-refractivity contribution >= 4 is 5.78 Å². The second-order valence-corrected chi connectivity index (χ2v) is 7.77. The lowest BCUT2D eigenvalue weighted by Gasteiger charge is -2.37. The molecule has 1 heterocycles. The Morgan fingerprint density at radius 3 is 2.61 bits per heavy atom. The highest BCUT2D eigenvalue weighted by molar-refractivity contribution is 6.00. The monoisotopic (exact) mass is 382 g/mol. The van der Waals surface area contributed by atoms with Gasteiger partial charge in [-0.25, -0.2) is 0 Å². The van der Waals surface area contributed by atoms with Gasteiger partial charge >= 0.3 is 0 Å². The third-order valence-corrected chi connectivity index (χ3v) is 4.98. The first-order valence-electron chi connectivity index (χ1n) is 9.54. The van der Waals surface area contributed by atoms with Crippen LogP contribution in [0.25, 0.3) is 0 Å². The second-order valence-electron chi connectivity index (χ2n) is 7.77. The van der Waals surface area contributed by atoms with Crippen LogP contribution >= 0.6 is 0 Å². The second kappa shape index (κ2) is 7.59. The Morgan fingerprint density at radius 1 is 1.25 bits per heavy atom. The molecular formula is C22H26N2O4. The first-order valence-corrected chi connectivity index (χ1v) is 9.54. The van der Waals surface area contributed by atoms with Gasteiger partial charge < -0.3 is 19.9 Å². The van der Waals surface area contributed by atoms with E-state index in [9.17, 15) is 10.1 Å². The van der Waals surface area contributed by atoms with E-state index < -0.39 is 5.92 Å². The Morgan fingerprint density at radius 2 is 1.96 bits per heavy atom. The van der Waals surface area contributed by atoms with Crippen molar-refractivity contribution in [3.8, 4) is 17.6 Å². The van der Waals surface area contributed by atoms with E-state index in [-0.39, 0.29) is 22.7 Å². The molecule has 0 radical (unpaired) electrons. The maximum absolute atomic E-state index is 13.1. The van der Waals surface area contributed by atoms with Crippen molar-refractivity contribution < 1.29 is 19.0 Å². The predicted octanol–water partition coefficient (Wildman–Crippen LogP) is 3.93. The van der Waals surface area contributed by atoms with Crippen LogP contribution < -0.4 is 15.2 Å². The van der Waals surface area contributed by atoms with Gasteiger partial charge in [0.25, 0.3) is 0 Å². The molecule has 28 heavy (non-hydrogen) atoms. The fourth-order valence-electron chi connectivity index (χ4n) is 3.89. The molecule has 1 aromatic rings. The zero-order valence-corrected chi connectivity index (χ0v) is 16.8. The summed E-state index contributed by atoms with van der Waals surface area (Å²) in [5.41, 5.74) is 7.29. The zero-order valence-electron chi connectivity index (χ0n) is 16.8. The number of rotatable bonds is 5. The zero-order chi connectivity index (χ0) is 20.5. The number of ether oxygens (including phenoxy) is 3. The van der Waals surface area contributed by atoms with Crippen molar-refractivity contribution in [3.63, 3.8) is 0 Å². The SMILES string of the molecule is CCOc1ccc(OCC)c([C@@H]2C(C#N)=C(N)OC3=C2C(=O)CC(C)(C)C3)c1. The van der Waals surface area contributed by atoms with Crippen LogP contribution in [0.4, 0.5) is 0 Å². The van der Waals surface area contributed by atoms with E-state index in [4.69, 9.17) is 19.9 Å². The number of hydrogen-bond acceptors (Lipinski definition) is 6. The summed E-state index contributed by atoms with van der Waals surface area (Å²) in [6.07, 6.45) is 0.971. The van der Waals surface area contributed by atoms with E-state index in [1.54, 1.807) is 0 Å². The smallest absolute Gasteiger partial charge is 0.205 e. The number of benzene rings is 1. The molecule has 3 rings (SSSR count). The van der Waals surface area contributed by atoms with Crippen LogP contribution in [0.5, 0.6) is 11.5 Å². The number of hydrogen-bond donors (Lipinski definition) is 1. The summed E-state index contributed by atoms with van der Waals surface area (Å²) in [5.74, 6) is 1.19. The number of carbonyl (C=O) groups excluding carboxylic acids is 1. The van der Waals surface area contributed by atoms with Crippen LogP contribution in [0.3, 0.4) is 0 Å². The van der Waals surface area contributed by atoms with Crippen LogP contribution in [-0.2, 0) is 9.53 Å². The van der Waals surface area contributed by atoms with E-state index in [2.05, 4.69) is 6.07 Å². The van der Waals surface area contributed by atoms with E-state index in [0.29, 0.717) is 54.5 Å². The van der Waals surface area contributed by atoms with Crippen LogP contribution in [0.15, 0.2) is 41.0 Å². The molecule has 2 N–H and O–H groups in total. The predicted molar refractivity (Wildman–Crippen MR) is 104 cm³/mol. The summed E-state index contributed by atoms with van der Waals surface area (Å²) in [5, 5.41) is 9.79. The summed E-state index contributed by atoms with van der Waals surface area (Å²) in [6.45, 7) is 8.79. The molecule has 1 aromatic carbocycles. The quantitative estimate of drug-likeness (QED) is 0.829. The maximum atomic E-state index is 13.1. The summed E-state index contributed by atoms with van der Waals surface area (Å²) < 4.78 is 17.2. The highest BCUT2D eigenvalue weighted by Gasteiger charge is 2.43. The topological polar surface area (TPSA) is 94.6 Å². The van der Waals surface area contributed by atoms with Gasteiger partial charge in [0.05, 0.1) is 19.1 Å². The lowest BCUT2D eigenvalue weighted by Crippen LogP contribution is -2.33. The van der Waals surface area contributed by atoms with Gasteiger partial charge in [-0.05, 0) is 37.5 Å². The molecule has 0 aromatic heterocycles. The molecule has 0 bridgehead atoms. The van der Waals surface area contributed by atoms with Crippen molar-refractivity contribution in [2.75, 3.05) is 13.2 Å². The molecule has 0 spiro atoms. The highest BCUT2D eigenvalue weighted by Crippen LogP contribution is 2.50. The molecule has 0 saturated carbocycles. The molecule has 148 valence electrons. The minimum atomic E-state index is -0.626. The Bertz CT molecular complexity index is 906. The molecule has 1 aliphatic carbocycles. The third kappa shape index (κ3) is 3.57. The maximum Gasteiger partial charge on any atom is 0.205 e. The van der Waals surface area contributed by atoms with Gasteiger partial charge in [0.15, 0.2) is 5.78 Å². The van der Waals surface area contributed by atoms with Crippen molar-refractivity contribution in [1.29, 1.82) is 5.26 Å². The van der Waals surface area contributed by atoms with Crippen molar-refractivity contribution in [1.82, 2.24) is 0 Å². The van der Waals surface area contributed by atoms with Crippen molar-refractivity contribution in [2.24, 2.45) is 11.1 Å². The van der Waals surface area contributed by atoms with Crippen LogP contribution in [-0.4, -0.2) is 19.0 Å². The molecule has 0 amide bonds. The summed E-state index contributed by atoms with van der Waals surface area (Å²) in [6, 6.07) is 7.59. The molecule has 1 aliphatic heterocycles. The third-order valence-electron chi connectivity index (χ3n) is 4.98. The van der Waals surface area contributed by atoms with E-state index >= 15 is 0 Å². The molecule has 6 nitrogen and oxygen atoms in total. The van der Waals surface area contributed by atoms with Gasteiger partial charge in [0, 0.05) is 24.0 Å². The summed E-state index contributed by atoms with van der Waals surface area (Å²) >= 11 is 0. The number of Topliss-reactive ketones (excluding diaryl/α,β-unsaturated/α-hetero) is 1. The molecule has 1 atom stereocenters. The number of ketones is 1. The standard InChI is InChI=1S/C22H26N2O4/c1-5-26-13-7-8-17(27-6-2)14(9-13)19-15(12-23)21(24)28-18-11-22(3,4)10-16(25)20(18)19/h7-9,19H,5-6,10-11,24H2,1-4H3/t19-/m1/s1. The Labute approximate surface area is 165 Å². The van der Waals surface area contributed by atoms with Gasteiger partial charge in [-0.3, -0.25) is 4.79 Å². The lowest BCUT2D eigenvalue weighted by molar-refractivity contribution is -0.119. The van der Waals surface area contributed by atoms with Crippen LogP contribution in [0.2, 0.25) is 0 Å². The average molecular weight is 382 g/mol. The fraction of sp³-hybridized carbons (Fsp3) is 0.455. The lowest BCUT2D eigenvalue weighted by atomic mass is 9.70. The molecular weight excluding hydrogens is 356 g/mol. The summed E-state index contributed by atoms with van der Waals surface area (Å²) in [4.78, 5) is 13.1. The first-order chi connectivity index (χ1) is 13.3. The Hall–Kier alpha value is -2.94. The van der Waals surface area contributed by atoms with Gasteiger partial charge in [-0.2, -0.15) is 5.26 Å². The number of carbonyl (C=O) groups is 1. The van der Waals surface area contributed by atoms with Gasteiger partial charge in [0.2, 0.25) is 5.88 Å². The molecule has 2 aliphatic rings. The van der Waals surface area contributed by atoms with Crippen molar-refractivity contribution in [3.05, 3.63) is 46.6 Å². The largest absolute Gasteiger partial charge is 0.494 e. The number of allylic oxidation sites excluding steroid dienone is 3. The van der Waals surface area contributed by atoms with Crippen molar-refractivity contribution in [2.45, 2.75) is 46.5 Å². The minimum Gasteiger partial charge on any atom is -0.494 e. The van der Waals surface area contributed by atoms with Crippen LogP contribution in [0.1, 0.15) is 52.0 Å². The number of nitriles is 1. The van der Waals surface area contributed by atoms with E-state index in [0.717, 1.165) is 0 Å². The number of nitrogens with zero attached hydrogens (tertiary/aromatic N) is 1. The van der Waals surface area contributed by atoms with E-state index in [1.165, 1.54) is 0 Å². The fourth-order valence-corrected chi connectivity index (χ4v) is 3.89. The molecule has 0 unspecified atom stereocenters. The highest BCUT2D eigenvalue weighted by atomic mass is 16.5. The Kier molecular flexibility index (Phi) is 5.37. The normalized spacial score (nSPS) is 21.0. The van der Waals surface area contributed by atoms with Gasteiger partial charge in [-0.1, -0.05) is 13.8 Å². The Balaban J connectivity index is 2.23.